The van der Waals surface area contributed by atoms with Crippen LogP contribution in [-0.4, -0.2) is 33.9 Å². The first-order valence-corrected chi connectivity index (χ1v) is 10.8. The number of anilines is 2. The number of aliphatic imine (C=N–C) groups is 1. The first-order valence-electron chi connectivity index (χ1n) is 9.15. The normalized spacial score (nSPS) is 15.5. The van der Waals surface area contributed by atoms with E-state index in [0.717, 1.165) is 15.8 Å². The molecule has 3 heterocycles. The summed E-state index contributed by atoms with van der Waals surface area (Å²) < 4.78 is 1.03. The Hall–Kier alpha value is -3.24. The van der Waals surface area contributed by atoms with E-state index in [0.29, 0.717) is 22.4 Å². The summed E-state index contributed by atoms with van der Waals surface area (Å²) in [5.74, 6) is -1.43. The summed E-state index contributed by atoms with van der Waals surface area (Å²) in [7, 11) is 0. The largest absolute Gasteiger partial charge is 0.302 e. The second-order valence-electron chi connectivity index (χ2n) is 6.67. The lowest BCUT2D eigenvalue weighted by Crippen LogP contribution is -2.24. The Balaban J connectivity index is 1.28. The maximum absolute atomic E-state index is 12.3. The van der Waals surface area contributed by atoms with E-state index < -0.39 is 5.92 Å². The van der Waals surface area contributed by atoms with Crippen molar-refractivity contribution in [1.82, 2.24) is 9.97 Å². The lowest BCUT2D eigenvalue weighted by atomic mass is 10.1. The average molecular weight is 440 g/mol. The Kier molecular flexibility index (Phi) is 5.77. The highest BCUT2D eigenvalue weighted by Crippen LogP contribution is 2.27. The molecule has 1 aromatic carbocycles. The van der Waals surface area contributed by atoms with Gasteiger partial charge in [0.15, 0.2) is 10.3 Å². The van der Waals surface area contributed by atoms with Crippen LogP contribution >= 0.6 is 22.7 Å². The van der Waals surface area contributed by atoms with Crippen LogP contribution in [0.4, 0.5) is 10.3 Å². The van der Waals surface area contributed by atoms with Crippen LogP contribution in [0.5, 0.6) is 0 Å². The first-order chi connectivity index (χ1) is 14.5. The standard InChI is InChI=1S/C20H17N5O3S2/c1-11-2-5-14-15(8-11)30-20(23-14)24-17(27)7-4-13-10-29-19(22-13)25-18(28)12-3-6-16(26)21-9-12/h2-3,5-6,8-10,12H,4,7H2,1H3,(H,22,25,28)(H,23,24,27). The van der Waals surface area contributed by atoms with Crippen LogP contribution < -0.4 is 10.6 Å². The van der Waals surface area contributed by atoms with Gasteiger partial charge in [0.25, 0.3) is 5.91 Å². The van der Waals surface area contributed by atoms with Crippen LogP contribution in [0.1, 0.15) is 17.7 Å². The number of aryl methyl sites for hydroxylation is 2. The summed E-state index contributed by atoms with van der Waals surface area (Å²) in [6, 6.07) is 5.97. The predicted octanol–water partition coefficient (Wildman–Crippen LogP) is 3.35. The monoisotopic (exact) mass is 439 g/mol. The number of amides is 3. The molecular weight excluding hydrogens is 422 g/mol. The summed E-state index contributed by atoms with van der Waals surface area (Å²) in [5.41, 5.74) is 2.73. The van der Waals surface area contributed by atoms with Gasteiger partial charge in [-0.25, -0.2) is 15.0 Å². The molecule has 0 spiro atoms. The molecule has 0 fully saturated rings. The van der Waals surface area contributed by atoms with Crippen LogP contribution in [0.3, 0.4) is 0 Å². The van der Waals surface area contributed by atoms with Crippen LogP contribution in [0.2, 0.25) is 0 Å². The molecule has 2 aromatic heterocycles. The molecule has 30 heavy (non-hydrogen) atoms. The van der Waals surface area contributed by atoms with Gasteiger partial charge >= 0.3 is 0 Å². The summed E-state index contributed by atoms with van der Waals surface area (Å²) in [5, 5.41) is 8.35. The van der Waals surface area contributed by atoms with Crippen molar-refractivity contribution in [1.29, 1.82) is 0 Å². The molecule has 3 amide bonds. The molecule has 1 aliphatic rings. The summed E-state index contributed by atoms with van der Waals surface area (Å²) in [4.78, 5) is 47.8. The molecular formula is C20H17N5O3S2. The zero-order chi connectivity index (χ0) is 21.1. The fourth-order valence-corrected chi connectivity index (χ4v) is 4.49. The number of benzene rings is 1. The van der Waals surface area contributed by atoms with Gasteiger partial charge in [0, 0.05) is 24.1 Å². The molecule has 4 rings (SSSR count). The van der Waals surface area contributed by atoms with Crippen molar-refractivity contribution in [2.75, 3.05) is 10.6 Å². The molecule has 8 nitrogen and oxygen atoms in total. The number of aromatic nitrogens is 2. The van der Waals surface area contributed by atoms with E-state index in [1.54, 1.807) is 5.38 Å². The van der Waals surface area contributed by atoms with E-state index in [1.165, 1.54) is 41.0 Å². The first kappa shape index (κ1) is 20.0. The number of fused-ring (bicyclic) bond motifs is 1. The van der Waals surface area contributed by atoms with Gasteiger partial charge in [-0.1, -0.05) is 23.5 Å². The number of nitrogens with one attached hydrogen (secondary N) is 2. The number of rotatable bonds is 6. The summed E-state index contributed by atoms with van der Waals surface area (Å²) >= 11 is 2.73. The lowest BCUT2D eigenvalue weighted by Gasteiger charge is -2.08. The molecule has 1 aliphatic heterocycles. The molecule has 0 saturated carbocycles. The van der Waals surface area contributed by atoms with Gasteiger partial charge in [-0.05, 0) is 31.0 Å². The van der Waals surface area contributed by atoms with E-state index in [9.17, 15) is 14.4 Å². The van der Waals surface area contributed by atoms with E-state index in [-0.39, 0.29) is 24.1 Å². The highest BCUT2D eigenvalue weighted by Gasteiger charge is 2.18. The Labute approximate surface area is 179 Å². The number of hydrogen-bond acceptors (Lipinski definition) is 7. The van der Waals surface area contributed by atoms with Crippen molar-refractivity contribution in [3.63, 3.8) is 0 Å². The predicted molar refractivity (Wildman–Crippen MR) is 118 cm³/mol. The number of dihydropyridines is 1. The third-order valence-corrected chi connectivity index (χ3v) is 6.03. The number of carbonyl (C=O) groups excluding carboxylic acids is 3. The fraction of sp³-hybridized carbons (Fsp3) is 0.200. The van der Waals surface area contributed by atoms with Gasteiger partial charge in [-0.15, -0.1) is 11.3 Å². The van der Waals surface area contributed by atoms with E-state index >= 15 is 0 Å². The molecule has 2 N–H and O–H groups in total. The number of thiazole rings is 2. The van der Waals surface area contributed by atoms with Crippen LogP contribution in [-0.2, 0) is 20.8 Å². The topological polar surface area (TPSA) is 113 Å². The Morgan fingerprint density at radius 1 is 1.17 bits per heavy atom. The van der Waals surface area contributed by atoms with Crippen molar-refractivity contribution in [2.45, 2.75) is 19.8 Å². The summed E-state index contributed by atoms with van der Waals surface area (Å²) in [6.07, 6.45) is 4.77. The second kappa shape index (κ2) is 8.64. The number of nitrogens with zero attached hydrogens (tertiary/aromatic N) is 3. The molecule has 152 valence electrons. The van der Waals surface area contributed by atoms with E-state index in [1.807, 2.05) is 25.1 Å². The van der Waals surface area contributed by atoms with E-state index in [4.69, 9.17) is 0 Å². The second-order valence-corrected chi connectivity index (χ2v) is 8.56. The molecule has 10 heteroatoms. The van der Waals surface area contributed by atoms with Crippen molar-refractivity contribution >= 4 is 67.1 Å². The van der Waals surface area contributed by atoms with Gasteiger partial charge in [0.05, 0.1) is 21.8 Å². The maximum atomic E-state index is 12.3. The van der Waals surface area contributed by atoms with Gasteiger partial charge in [0.2, 0.25) is 11.8 Å². The van der Waals surface area contributed by atoms with Crippen molar-refractivity contribution in [3.05, 3.63) is 47.0 Å². The number of hydrogen-bond donors (Lipinski definition) is 2. The minimum absolute atomic E-state index is 0.141. The van der Waals surface area contributed by atoms with Crippen molar-refractivity contribution < 1.29 is 14.4 Å². The molecule has 1 unspecified atom stereocenters. The van der Waals surface area contributed by atoms with Gasteiger partial charge in [-0.3, -0.25) is 14.4 Å². The highest BCUT2D eigenvalue weighted by molar-refractivity contribution is 7.22. The maximum Gasteiger partial charge on any atom is 0.269 e. The van der Waals surface area contributed by atoms with Crippen molar-refractivity contribution in [2.24, 2.45) is 10.9 Å². The molecule has 0 radical (unpaired) electrons. The highest BCUT2D eigenvalue weighted by atomic mass is 32.1. The molecule has 0 aliphatic carbocycles. The third kappa shape index (κ3) is 4.84. The molecule has 0 bridgehead atoms. The summed E-state index contributed by atoms with van der Waals surface area (Å²) in [6.45, 7) is 2.02. The number of carbonyl (C=O) groups is 3. The quantitative estimate of drug-likeness (QED) is 0.611. The average Bonchev–Trinajstić information content (AvgIpc) is 3.32. The molecule has 1 atom stereocenters. The zero-order valence-electron chi connectivity index (χ0n) is 15.9. The molecule has 3 aromatic rings. The third-order valence-electron chi connectivity index (χ3n) is 4.29. The van der Waals surface area contributed by atoms with Gasteiger partial charge in [-0.2, -0.15) is 0 Å². The minimum Gasteiger partial charge on any atom is -0.302 e. The fourth-order valence-electron chi connectivity index (χ4n) is 2.76. The minimum atomic E-state index is -0.599. The Morgan fingerprint density at radius 2 is 2.03 bits per heavy atom. The smallest absolute Gasteiger partial charge is 0.269 e. The Morgan fingerprint density at radius 3 is 2.83 bits per heavy atom. The van der Waals surface area contributed by atoms with Crippen LogP contribution in [0.15, 0.2) is 40.7 Å². The van der Waals surface area contributed by atoms with Gasteiger partial charge in [0.1, 0.15) is 0 Å². The van der Waals surface area contributed by atoms with Crippen LogP contribution in [0.25, 0.3) is 10.2 Å². The lowest BCUT2D eigenvalue weighted by molar-refractivity contribution is -0.117. The van der Waals surface area contributed by atoms with E-state index in [2.05, 4.69) is 25.6 Å². The zero-order valence-corrected chi connectivity index (χ0v) is 17.5. The van der Waals surface area contributed by atoms with Crippen molar-refractivity contribution in [3.8, 4) is 0 Å². The Bertz CT molecular complexity index is 1180. The van der Waals surface area contributed by atoms with Gasteiger partial charge < -0.3 is 10.6 Å². The SMILES string of the molecule is Cc1ccc2nc(NC(=O)CCc3csc(NC(=O)C4C=CC(=O)N=C4)n3)sc2c1. The molecule has 0 saturated heterocycles. The van der Waals surface area contributed by atoms with Crippen LogP contribution in [0, 0.1) is 12.8 Å².